The molecule has 9 heteroatoms. The van der Waals surface area contributed by atoms with Gasteiger partial charge in [0.05, 0.1) is 18.9 Å². The van der Waals surface area contributed by atoms with Crippen LogP contribution in [-0.4, -0.2) is 78.1 Å². The van der Waals surface area contributed by atoms with Crippen molar-refractivity contribution in [3.63, 3.8) is 0 Å². The van der Waals surface area contributed by atoms with Crippen LogP contribution in [0.5, 0.6) is 0 Å². The molecule has 1 aromatic carbocycles. The number of esters is 1. The van der Waals surface area contributed by atoms with Crippen LogP contribution in [0.1, 0.15) is 81.6 Å². The summed E-state index contributed by atoms with van der Waals surface area (Å²) in [4.78, 5) is 53.6. The van der Waals surface area contributed by atoms with Gasteiger partial charge in [-0.3, -0.25) is 14.4 Å². The first-order valence-corrected chi connectivity index (χ1v) is 13.8. The van der Waals surface area contributed by atoms with Gasteiger partial charge in [0.25, 0.3) is 5.91 Å². The minimum absolute atomic E-state index is 0.0855. The standard InChI is InChI=1S/C30H41N3O6/c1-6-25(19-26(34)38-7-2)31-27(35)24-9-8-16-33(20-24)28(36)23-12-10-21(11-13-23)22-14-17-32(18-15-22)29(37)39-30(3,4)5/h1,10-13,22,24-25H,7-9,14-20H2,2-5H3,(H,31,35)/t24-,25?/m1/s1. The van der Waals surface area contributed by atoms with Crippen LogP contribution in [0.15, 0.2) is 24.3 Å². The summed E-state index contributed by atoms with van der Waals surface area (Å²) in [6.07, 6.45) is 8.16. The van der Waals surface area contributed by atoms with E-state index in [0.717, 1.165) is 18.4 Å². The summed E-state index contributed by atoms with van der Waals surface area (Å²) in [6.45, 7) is 9.70. The highest BCUT2D eigenvalue weighted by molar-refractivity contribution is 5.94. The fraction of sp³-hybridized carbons (Fsp3) is 0.600. The first kappa shape index (κ1) is 30.0. The SMILES string of the molecule is C#CC(CC(=O)OCC)NC(=O)[C@@H]1CCCN(C(=O)c2ccc(C3CCN(C(=O)OC(C)(C)C)CC3)cc2)C1. The van der Waals surface area contributed by atoms with E-state index in [2.05, 4.69) is 11.2 Å². The maximum absolute atomic E-state index is 13.2. The molecule has 212 valence electrons. The minimum Gasteiger partial charge on any atom is -0.466 e. The van der Waals surface area contributed by atoms with Crippen molar-refractivity contribution >= 4 is 23.9 Å². The Balaban J connectivity index is 1.52. The maximum atomic E-state index is 13.2. The molecule has 0 aromatic heterocycles. The monoisotopic (exact) mass is 539 g/mol. The van der Waals surface area contributed by atoms with Gasteiger partial charge in [-0.05, 0) is 77.0 Å². The average molecular weight is 540 g/mol. The van der Waals surface area contributed by atoms with Crippen molar-refractivity contribution in [2.45, 2.75) is 77.4 Å². The molecule has 2 atom stereocenters. The summed E-state index contributed by atoms with van der Waals surface area (Å²) in [7, 11) is 0. The molecule has 0 spiro atoms. The summed E-state index contributed by atoms with van der Waals surface area (Å²) < 4.78 is 10.4. The van der Waals surface area contributed by atoms with Crippen molar-refractivity contribution < 1.29 is 28.7 Å². The predicted octanol–water partition coefficient (Wildman–Crippen LogP) is 3.72. The number of terminal acetylenes is 1. The van der Waals surface area contributed by atoms with Gasteiger partial charge in [-0.15, -0.1) is 6.42 Å². The highest BCUT2D eigenvalue weighted by Gasteiger charge is 2.31. The molecule has 2 heterocycles. The Bertz CT molecular complexity index is 1060. The Morgan fingerprint density at radius 3 is 2.31 bits per heavy atom. The number of carbonyl (C=O) groups excluding carboxylic acids is 4. The van der Waals surface area contributed by atoms with Gasteiger partial charge in [0.1, 0.15) is 11.6 Å². The molecular formula is C30H41N3O6. The summed E-state index contributed by atoms with van der Waals surface area (Å²) in [5.41, 5.74) is 1.21. The zero-order valence-electron chi connectivity index (χ0n) is 23.5. The number of carbonyl (C=O) groups is 4. The third-order valence-corrected chi connectivity index (χ3v) is 7.05. The highest BCUT2D eigenvalue weighted by Crippen LogP contribution is 2.29. The Morgan fingerprint density at radius 2 is 1.72 bits per heavy atom. The summed E-state index contributed by atoms with van der Waals surface area (Å²) in [5, 5.41) is 2.74. The third kappa shape index (κ3) is 8.74. The van der Waals surface area contributed by atoms with E-state index in [-0.39, 0.29) is 30.9 Å². The van der Waals surface area contributed by atoms with Crippen molar-refractivity contribution in [2.24, 2.45) is 5.92 Å². The maximum Gasteiger partial charge on any atom is 0.410 e. The molecule has 3 rings (SSSR count). The first-order chi connectivity index (χ1) is 18.5. The number of ether oxygens (including phenoxy) is 2. The normalized spacial score (nSPS) is 19.0. The van der Waals surface area contributed by atoms with Gasteiger partial charge in [-0.2, -0.15) is 0 Å². The number of hydrogen-bond acceptors (Lipinski definition) is 6. The van der Waals surface area contributed by atoms with E-state index in [9.17, 15) is 19.2 Å². The van der Waals surface area contributed by atoms with Gasteiger partial charge < -0.3 is 24.6 Å². The van der Waals surface area contributed by atoms with Crippen LogP contribution in [0.4, 0.5) is 4.79 Å². The number of nitrogens with one attached hydrogen (secondary N) is 1. The molecule has 0 bridgehead atoms. The fourth-order valence-corrected chi connectivity index (χ4v) is 5.01. The molecule has 3 amide bonds. The van der Waals surface area contributed by atoms with Crippen LogP contribution >= 0.6 is 0 Å². The molecule has 1 unspecified atom stereocenters. The van der Waals surface area contributed by atoms with Crippen LogP contribution in [-0.2, 0) is 19.1 Å². The lowest BCUT2D eigenvalue weighted by Crippen LogP contribution is -2.47. The van der Waals surface area contributed by atoms with Gasteiger partial charge in [0, 0.05) is 31.7 Å². The lowest BCUT2D eigenvalue weighted by molar-refractivity contribution is -0.143. The van der Waals surface area contributed by atoms with Gasteiger partial charge >= 0.3 is 12.1 Å². The summed E-state index contributed by atoms with van der Waals surface area (Å²) in [6, 6.07) is 6.92. The van der Waals surface area contributed by atoms with E-state index in [4.69, 9.17) is 15.9 Å². The van der Waals surface area contributed by atoms with Crippen LogP contribution < -0.4 is 5.32 Å². The largest absolute Gasteiger partial charge is 0.466 e. The van der Waals surface area contributed by atoms with E-state index in [1.807, 2.05) is 45.0 Å². The Morgan fingerprint density at radius 1 is 1.05 bits per heavy atom. The van der Waals surface area contributed by atoms with Crippen molar-refractivity contribution in [1.82, 2.24) is 15.1 Å². The Kier molecular flexibility index (Phi) is 10.4. The quantitative estimate of drug-likeness (QED) is 0.418. The number of benzene rings is 1. The van der Waals surface area contributed by atoms with E-state index in [1.165, 1.54) is 0 Å². The zero-order chi connectivity index (χ0) is 28.6. The molecular weight excluding hydrogens is 498 g/mol. The number of nitrogens with zero attached hydrogens (tertiary/aromatic N) is 2. The van der Waals surface area contributed by atoms with E-state index in [1.54, 1.807) is 16.7 Å². The second-order valence-electron chi connectivity index (χ2n) is 11.2. The molecule has 1 N–H and O–H groups in total. The van der Waals surface area contributed by atoms with Crippen molar-refractivity contribution in [1.29, 1.82) is 0 Å². The average Bonchev–Trinajstić information content (AvgIpc) is 2.91. The van der Waals surface area contributed by atoms with E-state index >= 15 is 0 Å². The molecule has 0 aliphatic carbocycles. The Labute approximate surface area is 231 Å². The van der Waals surface area contributed by atoms with Crippen LogP contribution in [0.3, 0.4) is 0 Å². The zero-order valence-corrected chi connectivity index (χ0v) is 23.5. The lowest BCUT2D eigenvalue weighted by Gasteiger charge is -2.34. The molecule has 1 aromatic rings. The van der Waals surface area contributed by atoms with Crippen molar-refractivity contribution in [2.75, 3.05) is 32.8 Å². The number of likely N-dealkylation sites (tertiary alicyclic amines) is 2. The van der Waals surface area contributed by atoms with Gasteiger partial charge in [0.15, 0.2) is 0 Å². The molecule has 2 fully saturated rings. The molecule has 0 radical (unpaired) electrons. The second kappa shape index (κ2) is 13.5. The van der Waals surface area contributed by atoms with Gasteiger partial charge in [0.2, 0.25) is 5.91 Å². The molecule has 2 aliphatic rings. The number of rotatable bonds is 7. The molecule has 2 saturated heterocycles. The van der Waals surface area contributed by atoms with Crippen molar-refractivity contribution in [3.8, 4) is 12.3 Å². The van der Waals surface area contributed by atoms with E-state index < -0.39 is 23.5 Å². The summed E-state index contributed by atoms with van der Waals surface area (Å²) in [5.74, 6) is 1.52. The molecule has 0 saturated carbocycles. The molecule has 9 nitrogen and oxygen atoms in total. The van der Waals surface area contributed by atoms with Crippen molar-refractivity contribution in [3.05, 3.63) is 35.4 Å². The predicted molar refractivity (Wildman–Crippen MR) is 147 cm³/mol. The van der Waals surface area contributed by atoms with Gasteiger partial charge in [-0.1, -0.05) is 18.1 Å². The summed E-state index contributed by atoms with van der Waals surface area (Å²) >= 11 is 0. The topological polar surface area (TPSA) is 105 Å². The van der Waals surface area contributed by atoms with E-state index in [0.29, 0.717) is 50.5 Å². The van der Waals surface area contributed by atoms with Crippen LogP contribution in [0.2, 0.25) is 0 Å². The first-order valence-electron chi connectivity index (χ1n) is 13.8. The fourth-order valence-electron chi connectivity index (χ4n) is 5.01. The van der Waals surface area contributed by atoms with Crippen LogP contribution in [0.25, 0.3) is 0 Å². The lowest BCUT2D eigenvalue weighted by atomic mass is 9.89. The number of hydrogen-bond donors (Lipinski definition) is 1. The third-order valence-electron chi connectivity index (χ3n) is 7.05. The Hall–Kier alpha value is -3.54. The van der Waals surface area contributed by atoms with Crippen LogP contribution in [0, 0.1) is 18.3 Å². The number of amides is 3. The molecule has 39 heavy (non-hydrogen) atoms. The minimum atomic E-state index is -0.744. The second-order valence-corrected chi connectivity index (χ2v) is 11.2. The van der Waals surface area contributed by atoms with Gasteiger partial charge in [-0.25, -0.2) is 4.79 Å². The highest BCUT2D eigenvalue weighted by atomic mass is 16.6. The molecule has 2 aliphatic heterocycles. The number of piperidine rings is 2. The smallest absolute Gasteiger partial charge is 0.410 e.